The largest absolute Gasteiger partial charge is 0.432 e. The topological polar surface area (TPSA) is 103 Å². The summed E-state index contributed by atoms with van der Waals surface area (Å²) < 4.78 is 46.3. The van der Waals surface area contributed by atoms with Crippen LogP contribution in [-0.4, -0.2) is 26.2 Å². The molecule has 168 valence electrons. The Morgan fingerprint density at radius 2 is 1.91 bits per heavy atom. The molecule has 32 heavy (non-hydrogen) atoms. The molecule has 2 aromatic heterocycles. The molecule has 0 bridgehead atoms. The number of aryl methyl sites for hydroxylation is 1. The fourth-order valence-corrected chi connectivity index (χ4v) is 3.58. The molecule has 0 aliphatic carbocycles. The van der Waals surface area contributed by atoms with Gasteiger partial charge in [-0.2, -0.15) is 13.2 Å². The van der Waals surface area contributed by atoms with Gasteiger partial charge in [-0.3, -0.25) is 9.98 Å². The lowest BCUT2D eigenvalue weighted by Crippen LogP contribution is -2.36. The van der Waals surface area contributed by atoms with E-state index in [2.05, 4.69) is 15.3 Å². The number of para-hydroxylation sites is 1. The van der Waals surface area contributed by atoms with Gasteiger partial charge in [0, 0.05) is 0 Å². The summed E-state index contributed by atoms with van der Waals surface area (Å²) in [6.45, 7) is 3.35. The maximum atomic E-state index is 13.2. The van der Waals surface area contributed by atoms with E-state index >= 15 is 0 Å². The number of oxazole rings is 1. The van der Waals surface area contributed by atoms with Gasteiger partial charge in [0.2, 0.25) is 5.95 Å². The van der Waals surface area contributed by atoms with E-state index in [0.717, 1.165) is 23.4 Å². The zero-order valence-corrected chi connectivity index (χ0v) is 17.4. The molecule has 4 rings (SSSR count). The highest BCUT2D eigenvalue weighted by Crippen LogP contribution is 2.33. The Hall–Kier alpha value is -3.53. The number of aliphatic hydroxyl groups is 1. The van der Waals surface area contributed by atoms with Gasteiger partial charge < -0.3 is 19.8 Å². The van der Waals surface area contributed by atoms with E-state index in [9.17, 15) is 18.3 Å². The Balaban J connectivity index is 1.69. The number of aromatic amines is 1. The predicted molar refractivity (Wildman–Crippen MR) is 112 cm³/mol. The Bertz CT molecular complexity index is 1320. The summed E-state index contributed by atoms with van der Waals surface area (Å²) in [5.74, 6) is 0.307. The number of hydrogen-bond donors (Lipinski definition) is 4. The molecule has 2 aromatic carbocycles. The average molecular weight is 445 g/mol. The maximum Gasteiger partial charge on any atom is 0.416 e. The lowest BCUT2D eigenvalue weighted by Gasteiger charge is -2.29. The van der Waals surface area contributed by atoms with Gasteiger partial charge in [-0.15, -0.1) is 0 Å². The molecule has 0 aliphatic heterocycles. The standard InChI is InChI=1S/C22H22F3N5O2/c1-13-11-32-19(26)30(13)10-14-5-3-8-17-18(14)28-20(27-17)29-21(2,12-31)15-6-4-7-16(9-15)22(23,24)25/h3-9,11,26,31H,10,12H2,1-2H3,(H2,27,28,29). The molecule has 0 radical (unpaired) electrons. The first kappa shape index (κ1) is 21.7. The first-order valence-electron chi connectivity index (χ1n) is 9.84. The average Bonchev–Trinajstić information content (AvgIpc) is 3.31. The van der Waals surface area contributed by atoms with Crippen LogP contribution in [0, 0.1) is 12.3 Å². The number of hydrogen-bond acceptors (Lipinski definition) is 5. The smallest absolute Gasteiger partial charge is 0.416 e. The number of rotatable bonds is 6. The molecule has 4 aromatic rings. The van der Waals surface area contributed by atoms with Crippen LogP contribution in [0.5, 0.6) is 0 Å². The summed E-state index contributed by atoms with van der Waals surface area (Å²) in [7, 11) is 0. The third kappa shape index (κ3) is 4.01. The van der Waals surface area contributed by atoms with E-state index in [1.165, 1.54) is 18.4 Å². The molecular weight excluding hydrogens is 423 g/mol. The molecule has 1 atom stereocenters. The SMILES string of the molecule is Cc1coc(=N)n1Cc1cccc2[nH]c(NC(C)(CO)c3cccc(C(F)(F)F)c3)nc12. The number of fused-ring (bicyclic) bond motifs is 1. The zero-order valence-electron chi connectivity index (χ0n) is 17.4. The van der Waals surface area contributed by atoms with Crippen molar-refractivity contribution in [1.29, 1.82) is 5.41 Å². The molecule has 7 nitrogen and oxygen atoms in total. The second kappa shape index (κ2) is 7.86. The van der Waals surface area contributed by atoms with Crippen molar-refractivity contribution in [2.75, 3.05) is 11.9 Å². The van der Waals surface area contributed by atoms with Crippen molar-refractivity contribution < 1.29 is 22.7 Å². The number of imidazole rings is 1. The number of aromatic nitrogens is 3. The summed E-state index contributed by atoms with van der Waals surface area (Å²) in [4.78, 5) is 7.69. The normalized spacial score (nSPS) is 13.9. The molecular formula is C22H22F3N5O2. The van der Waals surface area contributed by atoms with E-state index in [4.69, 9.17) is 9.83 Å². The van der Waals surface area contributed by atoms with Crippen molar-refractivity contribution >= 4 is 17.0 Å². The molecule has 0 aliphatic rings. The van der Waals surface area contributed by atoms with E-state index in [-0.39, 0.29) is 11.2 Å². The second-order valence-electron chi connectivity index (χ2n) is 7.86. The number of H-pyrrole nitrogens is 1. The third-order valence-electron chi connectivity index (χ3n) is 5.47. The van der Waals surface area contributed by atoms with Crippen LogP contribution in [0.1, 0.15) is 29.3 Å². The van der Waals surface area contributed by atoms with Crippen LogP contribution in [0.3, 0.4) is 0 Å². The number of aliphatic hydroxyl groups excluding tert-OH is 1. The number of nitrogens with one attached hydrogen (secondary N) is 3. The summed E-state index contributed by atoms with van der Waals surface area (Å²) in [6.07, 6.45) is -2.98. The van der Waals surface area contributed by atoms with Gasteiger partial charge in [-0.25, -0.2) is 4.98 Å². The van der Waals surface area contributed by atoms with Crippen molar-refractivity contribution in [2.45, 2.75) is 32.1 Å². The zero-order chi connectivity index (χ0) is 23.1. The van der Waals surface area contributed by atoms with E-state index in [0.29, 0.717) is 23.5 Å². The minimum Gasteiger partial charge on any atom is -0.432 e. The monoisotopic (exact) mass is 445 g/mol. The van der Waals surface area contributed by atoms with Gasteiger partial charge in [0.1, 0.15) is 6.26 Å². The van der Waals surface area contributed by atoms with Crippen LogP contribution in [0.4, 0.5) is 19.1 Å². The molecule has 1 unspecified atom stereocenters. The second-order valence-corrected chi connectivity index (χ2v) is 7.86. The first-order valence-corrected chi connectivity index (χ1v) is 9.84. The van der Waals surface area contributed by atoms with Crippen molar-refractivity contribution in [3.63, 3.8) is 0 Å². The minimum atomic E-state index is -4.49. The van der Waals surface area contributed by atoms with Gasteiger partial charge in [-0.1, -0.05) is 24.3 Å². The summed E-state index contributed by atoms with van der Waals surface area (Å²) in [6, 6.07) is 10.4. The van der Waals surface area contributed by atoms with Crippen LogP contribution >= 0.6 is 0 Å². The van der Waals surface area contributed by atoms with Crippen LogP contribution in [0.2, 0.25) is 0 Å². The van der Waals surface area contributed by atoms with Crippen LogP contribution in [-0.2, 0) is 18.3 Å². The van der Waals surface area contributed by atoms with E-state index in [1.54, 1.807) is 11.5 Å². The number of benzene rings is 2. The molecule has 0 spiro atoms. The molecule has 4 N–H and O–H groups in total. The summed E-state index contributed by atoms with van der Waals surface area (Å²) in [5, 5.41) is 21.0. The quantitative estimate of drug-likeness (QED) is 0.358. The van der Waals surface area contributed by atoms with E-state index in [1.807, 2.05) is 25.1 Å². The van der Waals surface area contributed by atoms with Gasteiger partial charge in [0.25, 0.3) is 5.68 Å². The molecule has 10 heteroatoms. The highest BCUT2D eigenvalue weighted by molar-refractivity contribution is 5.81. The number of halogens is 3. The van der Waals surface area contributed by atoms with Gasteiger partial charge in [0.15, 0.2) is 0 Å². The lowest BCUT2D eigenvalue weighted by atomic mass is 9.91. The molecule has 0 amide bonds. The number of nitrogens with zero attached hydrogens (tertiary/aromatic N) is 2. The molecule has 0 saturated heterocycles. The minimum absolute atomic E-state index is 0.0192. The fraction of sp³-hybridized carbons (Fsp3) is 0.273. The molecule has 0 saturated carbocycles. The Morgan fingerprint density at radius 1 is 1.19 bits per heavy atom. The predicted octanol–water partition coefficient (Wildman–Crippen LogP) is 4.13. The molecule has 2 heterocycles. The third-order valence-corrected chi connectivity index (χ3v) is 5.47. The van der Waals surface area contributed by atoms with E-state index < -0.39 is 23.9 Å². The van der Waals surface area contributed by atoms with Crippen LogP contribution in [0.15, 0.2) is 53.1 Å². The van der Waals surface area contributed by atoms with Gasteiger partial charge >= 0.3 is 6.18 Å². The van der Waals surface area contributed by atoms with Gasteiger partial charge in [0.05, 0.1) is 41.0 Å². The Labute approximate surface area is 181 Å². The summed E-state index contributed by atoms with van der Waals surface area (Å²) in [5.41, 5.74) is 1.28. The maximum absolute atomic E-state index is 13.2. The Kier molecular flexibility index (Phi) is 5.33. The lowest BCUT2D eigenvalue weighted by molar-refractivity contribution is -0.137. The van der Waals surface area contributed by atoms with Crippen molar-refractivity contribution in [3.8, 4) is 0 Å². The first-order chi connectivity index (χ1) is 15.1. The van der Waals surface area contributed by atoms with Gasteiger partial charge in [-0.05, 0) is 43.2 Å². The van der Waals surface area contributed by atoms with Crippen LogP contribution < -0.4 is 11.0 Å². The molecule has 0 fully saturated rings. The number of anilines is 1. The van der Waals surface area contributed by atoms with Crippen molar-refractivity contribution in [1.82, 2.24) is 14.5 Å². The van der Waals surface area contributed by atoms with Crippen molar-refractivity contribution in [2.24, 2.45) is 0 Å². The van der Waals surface area contributed by atoms with Crippen LogP contribution in [0.25, 0.3) is 11.0 Å². The Morgan fingerprint density at radius 3 is 2.56 bits per heavy atom. The fourth-order valence-electron chi connectivity index (χ4n) is 3.58. The highest BCUT2D eigenvalue weighted by atomic mass is 19.4. The van der Waals surface area contributed by atoms with Crippen molar-refractivity contribution in [3.05, 3.63) is 76.8 Å². The highest BCUT2D eigenvalue weighted by Gasteiger charge is 2.34. The number of alkyl halides is 3. The summed E-state index contributed by atoms with van der Waals surface area (Å²) >= 11 is 0.